The number of rotatable bonds is 5. The number of anilines is 2. The third-order valence-corrected chi connectivity index (χ3v) is 5.38. The largest absolute Gasteiger partial charge is 0.469 e. The van der Waals surface area contributed by atoms with Gasteiger partial charge in [-0.2, -0.15) is 4.98 Å². The van der Waals surface area contributed by atoms with Crippen LogP contribution in [0, 0.1) is 0 Å². The van der Waals surface area contributed by atoms with E-state index in [1.54, 1.807) is 13.3 Å². The molecular weight excluding hydrogens is 346 g/mol. The third-order valence-electron chi connectivity index (χ3n) is 5.38. The van der Waals surface area contributed by atoms with Crippen LogP contribution in [0.4, 0.5) is 11.8 Å². The highest BCUT2D eigenvalue weighted by atomic mass is 16.3. The summed E-state index contributed by atoms with van der Waals surface area (Å²) in [6, 6.07) is 3.77. The predicted octanol–water partition coefficient (Wildman–Crippen LogP) is 1.14. The van der Waals surface area contributed by atoms with Crippen LogP contribution in [0.5, 0.6) is 0 Å². The van der Waals surface area contributed by atoms with Crippen molar-refractivity contribution in [2.75, 3.05) is 56.6 Å². The summed E-state index contributed by atoms with van der Waals surface area (Å²) in [6.07, 6.45) is 2.73. The van der Waals surface area contributed by atoms with Gasteiger partial charge in [-0.3, -0.25) is 9.69 Å². The Morgan fingerprint density at radius 3 is 2.74 bits per heavy atom. The van der Waals surface area contributed by atoms with Crippen LogP contribution in [0.25, 0.3) is 0 Å². The lowest BCUT2D eigenvalue weighted by Crippen LogP contribution is -2.48. The molecule has 0 saturated carbocycles. The van der Waals surface area contributed by atoms with Gasteiger partial charge >= 0.3 is 0 Å². The molecule has 2 aromatic rings. The molecule has 8 nitrogen and oxygen atoms in total. The number of ketones is 1. The monoisotopic (exact) mass is 371 g/mol. The SMILES string of the molecule is CNc1nc(N2CCN(CCO)CC2)nc2c1C(=O)C[C@H](c1ccco1)C2. The third kappa shape index (κ3) is 3.54. The number of aliphatic hydroxyl groups is 1. The van der Waals surface area contributed by atoms with E-state index in [1.165, 1.54) is 0 Å². The zero-order valence-corrected chi connectivity index (χ0v) is 15.5. The minimum Gasteiger partial charge on any atom is -0.469 e. The van der Waals surface area contributed by atoms with Gasteiger partial charge in [0.2, 0.25) is 5.95 Å². The highest BCUT2D eigenvalue weighted by molar-refractivity contribution is 6.03. The van der Waals surface area contributed by atoms with Gasteiger partial charge in [0.15, 0.2) is 5.78 Å². The molecule has 0 unspecified atom stereocenters. The van der Waals surface area contributed by atoms with Crippen LogP contribution in [0.15, 0.2) is 22.8 Å². The number of nitrogens with one attached hydrogen (secondary N) is 1. The number of β-amino-alcohol motifs (C(OH)–C–C–N with tert-alkyl or cyclic N) is 1. The van der Waals surface area contributed by atoms with Gasteiger partial charge in [0.25, 0.3) is 0 Å². The van der Waals surface area contributed by atoms with Crippen molar-refractivity contribution in [3.63, 3.8) is 0 Å². The average molecular weight is 371 g/mol. The second kappa shape index (κ2) is 7.66. The molecule has 0 aromatic carbocycles. The number of hydrogen-bond donors (Lipinski definition) is 2. The number of aliphatic hydroxyl groups excluding tert-OH is 1. The van der Waals surface area contributed by atoms with Crippen LogP contribution in [0.1, 0.15) is 34.2 Å². The summed E-state index contributed by atoms with van der Waals surface area (Å²) in [4.78, 5) is 26.5. The van der Waals surface area contributed by atoms with Crippen molar-refractivity contribution in [1.29, 1.82) is 0 Å². The van der Waals surface area contributed by atoms with Gasteiger partial charge in [0.1, 0.15) is 11.6 Å². The summed E-state index contributed by atoms with van der Waals surface area (Å²) < 4.78 is 5.53. The predicted molar refractivity (Wildman–Crippen MR) is 101 cm³/mol. The summed E-state index contributed by atoms with van der Waals surface area (Å²) in [6.45, 7) is 4.21. The highest BCUT2D eigenvalue weighted by Crippen LogP contribution is 2.35. The number of furan rings is 1. The first kappa shape index (κ1) is 17.9. The Morgan fingerprint density at radius 1 is 1.26 bits per heavy atom. The van der Waals surface area contributed by atoms with E-state index in [-0.39, 0.29) is 18.3 Å². The normalized spacial score (nSPS) is 20.6. The molecule has 1 aliphatic heterocycles. The Labute approximate surface area is 158 Å². The maximum Gasteiger partial charge on any atom is 0.227 e. The Kier molecular flexibility index (Phi) is 5.09. The van der Waals surface area contributed by atoms with Crippen LogP contribution in [0.2, 0.25) is 0 Å². The molecule has 1 atom stereocenters. The molecule has 0 amide bonds. The number of aromatic nitrogens is 2. The molecule has 0 bridgehead atoms. The van der Waals surface area contributed by atoms with Gasteiger partial charge in [-0.25, -0.2) is 4.98 Å². The fourth-order valence-electron chi connectivity index (χ4n) is 3.93. The average Bonchev–Trinajstić information content (AvgIpc) is 3.22. The van der Waals surface area contributed by atoms with Crippen LogP contribution >= 0.6 is 0 Å². The lowest BCUT2D eigenvalue weighted by Gasteiger charge is -2.35. The van der Waals surface area contributed by atoms with Crippen molar-refractivity contribution in [3.8, 4) is 0 Å². The molecular formula is C19H25N5O3. The molecule has 4 rings (SSSR count). The summed E-state index contributed by atoms with van der Waals surface area (Å²) in [7, 11) is 1.79. The highest BCUT2D eigenvalue weighted by Gasteiger charge is 2.33. The number of carbonyl (C=O) groups is 1. The van der Waals surface area contributed by atoms with Gasteiger partial charge < -0.3 is 19.7 Å². The standard InChI is InChI=1S/C19H25N5O3/c1-20-18-17-14(11-13(12-15(17)26)16-3-2-10-27-16)21-19(22-18)24-6-4-23(5-7-24)8-9-25/h2-3,10,13,25H,4-9,11-12H2,1H3,(H,20,21,22)/t13-/m1/s1. The maximum absolute atomic E-state index is 12.8. The van der Waals surface area contributed by atoms with E-state index in [1.807, 2.05) is 12.1 Å². The lowest BCUT2D eigenvalue weighted by atomic mass is 9.84. The van der Waals surface area contributed by atoms with Gasteiger partial charge in [-0.1, -0.05) is 0 Å². The molecule has 27 heavy (non-hydrogen) atoms. The van der Waals surface area contributed by atoms with Crippen LogP contribution in [0.3, 0.4) is 0 Å². The summed E-state index contributed by atoms with van der Waals surface area (Å²) >= 11 is 0. The van der Waals surface area contributed by atoms with E-state index in [0.29, 0.717) is 36.7 Å². The van der Waals surface area contributed by atoms with Crippen molar-refractivity contribution in [2.24, 2.45) is 0 Å². The number of nitrogens with zero attached hydrogens (tertiary/aromatic N) is 4. The number of piperazine rings is 1. The molecule has 2 aromatic heterocycles. The van der Waals surface area contributed by atoms with Crippen LogP contribution < -0.4 is 10.2 Å². The molecule has 1 saturated heterocycles. The molecule has 3 heterocycles. The Balaban J connectivity index is 1.61. The quantitative estimate of drug-likeness (QED) is 0.808. The molecule has 144 valence electrons. The Bertz CT molecular complexity index is 800. The smallest absolute Gasteiger partial charge is 0.227 e. The Hall–Kier alpha value is -2.45. The Morgan fingerprint density at radius 2 is 2.07 bits per heavy atom. The van der Waals surface area contributed by atoms with E-state index in [9.17, 15) is 4.79 Å². The van der Waals surface area contributed by atoms with Gasteiger partial charge in [0, 0.05) is 58.5 Å². The minimum absolute atomic E-state index is 0.0221. The van der Waals surface area contributed by atoms with Crippen molar-refractivity contribution in [2.45, 2.75) is 18.8 Å². The van der Waals surface area contributed by atoms with E-state index in [0.717, 1.165) is 37.6 Å². The van der Waals surface area contributed by atoms with Crippen LogP contribution in [-0.4, -0.2) is 72.1 Å². The molecule has 8 heteroatoms. The molecule has 1 aliphatic carbocycles. The molecule has 0 radical (unpaired) electrons. The summed E-state index contributed by atoms with van der Waals surface area (Å²) in [5.74, 6) is 2.18. The fraction of sp³-hybridized carbons (Fsp3) is 0.526. The summed E-state index contributed by atoms with van der Waals surface area (Å²) in [5.41, 5.74) is 1.41. The second-order valence-electron chi connectivity index (χ2n) is 7.04. The van der Waals surface area contributed by atoms with E-state index in [4.69, 9.17) is 14.5 Å². The second-order valence-corrected chi connectivity index (χ2v) is 7.04. The molecule has 2 N–H and O–H groups in total. The van der Waals surface area contributed by atoms with Gasteiger partial charge in [0.05, 0.1) is 24.1 Å². The maximum atomic E-state index is 12.8. The molecule has 0 spiro atoms. The number of Topliss-reactive ketones (excluding diaryl/α,β-unsaturated/α-hetero) is 1. The fourth-order valence-corrected chi connectivity index (χ4v) is 3.93. The van der Waals surface area contributed by atoms with Crippen molar-refractivity contribution < 1.29 is 14.3 Å². The summed E-state index contributed by atoms with van der Waals surface area (Å²) in [5, 5.41) is 12.2. The zero-order chi connectivity index (χ0) is 18.8. The van der Waals surface area contributed by atoms with Crippen molar-refractivity contribution in [1.82, 2.24) is 14.9 Å². The number of hydrogen-bond acceptors (Lipinski definition) is 8. The first-order valence-corrected chi connectivity index (χ1v) is 9.43. The van der Waals surface area contributed by atoms with E-state index in [2.05, 4.69) is 20.1 Å². The van der Waals surface area contributed by atoms with E-state index >= 15 is 0 Å². The molecule has 2 aliphatic rings. The van der Waals surface area contributed by atoms with Gasteiger partial charge in [-0.05, 0) is 12.1 Å². The van der Waals surface area contributed by atoms with Crippen molar-refractivity contribution >= 4 is 17.5 Å². The molecule has 1 fully saturated rings. The van der Waals surface area contributed by atoms with Crippen LogP contribution in [-0.2, 0) is 6.42 Å². The lowest BCUT2D eigenvalue weighted by molar-refractivity contribution is 0.0959. The number of carbonyl (C=O) groups excluding carboxylic acids is 1. The minimum atomic E-state index is 0.0221. The van der Waals surface area contributed by atoms with E-state index < -0.39 is 0 Å². The first-order valence-electron chi connectivity index (χ1n) is 9.43. The van der Waals surface area contributed by atoms with Crippen molar-refractivity contribution in [3.05, 3.63) is 35.4 Å². The topological polar surface area (TPSA) is 94.7 Å². The van der Waals surface area contributed by atoms with Gasteiger partial charge in [-0.15, -0.1) is 0 Å². The zero-order valence-electron chi connectivity index (χ0n) is 15.5. The first-order chi connectivity index (χ1) is 13.2. The number of fused-ring (bicyclic) bond motifs is 1.